The summed E-state index contributed by atoms with van der Waals surface area (Å²) in [5.74, 6) is -0.0237. The Morgan fingerprint density at radius 1 is 1.13 bits per heavy atom. The van der Waals surface area contributed by atoms with Crippen LogP contribution in [0.2, 0.25) is 5.02 Å². The van der Waals surface area contributed by atoms with Crippen LogP contribution in [0.15, 0.2) is 52.9 Å². The topological polar surface area (TPSA) is 61.2 Å². The van der Waals surface area contributed by atoms with Crippen molar-refractivity contribution in [2.24, 2.45) is 0 Å². The highest BCUT2D eigenvalue weighted by Crippen LogP contribution is 2.32. The van der Waals surface area contributed by atoms with Gasteiger partial charge in [-0.15, -0.1) is 11.3 Å². The van der Waals surface area contributed by atoms with Gasteiger partial charge in [0.25, 0.3) is 0 Å². The first kappa shape index (κ1) is 21.6. The molecule has 158 valence electrons. The van der Waals surface area contributed by atoms with Crippen LogP contribution >= 0.6 is 34.7 Å². The van der Waals surface area contributed by atoms with E-state index in [-0.39, 0.29) is 11.8 Å². The van der Waals surface area contributed by atoms with E-state index in [0.29, 0.717) is 21.9 Å². The van der Waals surface area contributed by atoms with Crippen molar-refractivity contribution in [2.75, 3.05) is 12.9 Å². The number of methoxy groups -OCH3 is 1. The molecule has 0 amide bonds. The molecule has 0 saturated carbocycles. The second-order valence-corrected chi connectivity index (χ2v) is 9.65. The Morgan fingerprint density at radius 2 is 1.87 bits per heavy atom. The number of thioether (sulfide) groups is 1. The lowest BCUT2D eigenvalue weighted by Crippen LogP contribution is -2.06. The molecule has 0 aliphatic rings. The molecule has 0 atom stereocenters. The van der Waals surface area contributed by atoms with Crippen LogP contribution in [0, 0.1) is 13.8 Å². The van der Waals surface area contributed by atoms with Crippen molar-refractivity contribution in [3.8, 4) is 5.69 Å². The molecular weight excluding hydrogens is 452 g/mol. The second-order valence-electron chi connectivity index (χ2n) is 6.96. The molecule has 8 heteroatoms. The van der Waals surface area contributed by atoms with E-state index >= 15 is 0 Å². The maximum absolute atomic E-state index is 12.9. The fourth-order valence-corrected chi connectivity index (χ4v) is 5.55. The van der Waals surface area contributed by atoms with Crippen LogP contribution in [0.3, 0.4) is 0 Å². The Morgan fingerprint density at radius 3 is 2.58 bits per heavy atom. The van der Waals surface area contributed by atoms with Gasteiger partial charge in [-0.25, -0.2) is 9.78 Å². The zero-order valence-electron chi connectivity index (χ0n) is 17.1. The standard InChI is InChI=1S/C23H19ClN2O3S2/c1-13-10-18(14(2)26(13)17-7-4-15(5-8-17)22(28)29-3)20(27)12-30-23-25-19-11-16(24)6-9-21(19)31-23/h4-11H,12H2,1-3H3. The number of carbonyl (C=O) groups is 2. The number of nitrogens with zero attached hydrogens (tertiary/aromatic N) is 2. The third kappa shape index (κ3) is 4.39. The maximum atomic E-state index is 12.9. The average molecular weight is 471 g/mol. The Balaban J connectivity index is 1.53. The Kier molecular flexibility index (Phi) is 6.18. The Hall–Kier alpha value is -2.61. The maximum Gasteiger partial charge on any atom is 0.337 e. The number of halogens is 1. The van der Waals surface area contributed by atoms with E-state index in [1.54, 1.807) is 23.5 Å². The number of aryl methyl sites for hydroxylation is 1. The molecule has 0 bridgehead atoms. The number of thiazole rings is 1. The third-order valence-corrected chi connectivity index (χ3v) is 7.35. The molecule has 0 radical (unpaired) electrons. The first-order chi connectivity index (χ1) is 14.9. The van der Waals surface area contributed by atoms with Gasteiger partial charge in [0.1, 0.15) is 0 Å². The van der Waals surface area contributed by atoms with Gasteiger partial charge in [-0.3, -0.25) is 4.79 Å². The number of benzene rings is 2. The number of carbonyl (C=O) groups excluding carboxylic acids is 2. The summed E-state index contributed by atoms with van der Waals surface area (Å²) in [7, 11) is 1.36. The number of aromatic nitrogens is 2. The highest BCUT2D eigenvalue weighted by atomic mass is 35.5. The molecule has 2 heterocycles. The summed E-state index contributed by atoms with van der Waals surface area (Å²) in [6, 6.07) is 14.7. The minimum Gasteiger partial charge on any atom is -0.465 e. The van der Waals surface area contributed by atoms with Crippen LogP contribution in [0.25, 0.3) is 15.9 Å². The van der Waals surface area contributed by atoms with Gasteiger partial charge in [-0.2, -0.15) is 0 Å². The molecule has 0 aliphatic carbocycles. The lowest BCUT2D eigenvalue weighted by atomic mass is 10.2. The average Bonchev–Trinajstić information content (AvgIpc) is 3.30. The predicted octanol–water partition coefficient (Wildman–Crippen LogP) is 6.12. The smallest absolute Gasteiger partial charge is 0.337 e. The summed E-state index contributed by atoms with van der Waals surface area (Å²) in [4.78, 5) is 29.2. The van der Waals surface area contributed by atoms with Crippen molar-refractivity contribution in [1.82, 2.24) is 9.55 Å². The largest absolute Gasteiger partial charge is 0.465 e. The van der Waals surface area contributed by atoms with Gasteiger partial charge < -0.3 is 9.30 Å². The number of ether oxygens (including phenoxy) is 1. The molecule has 0 spiro atoms. The SMILES string of the molecule is COC(=O)c1ccc(-n2c(C)cc(C(=O)CSc3nc4cc(Cl)ccc4s3)c2C)cc1. The van der Waals surface area contributed by atoms with E-state index in [0.717, 1.165) is 31.6 Å². The number of esters is 1. The van der Waals surface area contributed by atoms with E-state index in [9.17, 15) is 9.59 Å². The molecule has 5 nitrogen and oxygen atoms in total. The number of Topliss-reactive ketones (excluding diaryl/α,β-unsaturated/α-hetero) is 1. The molecule has 2 aromatic heterocycles. The fourth-order valence-electron chi connectivity index (χ4n) is 3.45. The van der Waals surface area contributed by atoms with Crippen LogP contribution in [0.5, 0.6) is 0 Å². The molecular formula is C23H19ClN2O3S2. The van der Waals surface area contributed by atoms with Gasteiger partial charge in [0.05, 0.1) is 28.6 Å². The summed E-state index contributed by atoms with van der Waals surface area (Å²) >= 11 is 9.02. The highest BCUT2D eigenvalue weighted by molar-refractivity contribution is 8.01. The number of hydrogen-bond acceptors (Lipinski definition) is 6. The lowest BCUT2D eigenvalue weighted by Gasteiger charge is -2.10. The summed E-state index contributed by atoms with van der Waals surface area (Å²) < 4.78 is 8.66. The number of hydrogen-bond donors (Lipinski definition) is 0. The molecule has 0 N–H and O–H groups in total. The van der Waals surface area contributed by atoms with Crippen LogP contribution < -0.4 is 0 Å². The molecule has 0 unspecified atom stereocenters. The highest BCUT2D eigenvalue weighted by Gasteiger charge is 2.18. The van der Waals surface area contributed by atoms with Crippen LogP contribution in [-0.2, 0) is 4.74 Å². The van der Waals surface area contributed by atoms with Gasteiger partial charge in [0.2, 0.25) is 0 Å². The summed E-state index contributed by atoms with van der Waals surface area (Å²) in [5, 5.41) is 0.650. The van der Waals surface area contributed by atoms with Crippen LogP contribution in [-0.4, -0.2) is 34.2 Å². The van der Waals surface area contributed by atoms with Crippen molar-refractivity contribution >= 4 is 56.7 Å². The third-order valence-electron chi connectivity index (χ3n) is 4.93. The molecule has 31 heavy (non-hydrogen) atoms. The van der Waals surface area contributed by atoms with Gasteiger partial charge in [0, 0.05) is 27.7 Å². The van der Waals surface area contributed by atoms with Crippen LogP contribution in [0.4, 0.5) is 0 Å². The Bertz CT molecular complexity index is 1290. The van der Waals surface area contributed by atoms with Crippen molar-refractivity contribution in [3.05, 3.63) is 76.1 Å². The van der Waals surface area contributed by atoms with Crippen molar-refractivity contribution in [1.29, 1.82) is 0 Å². The quantitative estimate of drug-likeness (QED) is 0.193. The second kappa shape index (κ2) is 8.86. The van der Waals surface area contributed by atoms with E-state index in [1.807, 2.05) is 54.8 Å². The van der Waals surface area contributed by atoms with E-state index in [1.165, 1.54) is 18.9 Å². The monoisotopic (exact) mass is 470 g/mol. The molecule has 0 fully saturated rings. The molecule has 0 saturated heterocycles. The normalized spacial score (nSPS) is 11.1. The number of rotatable bonds is 6. The summed E-state index contributed by atoms with van der Waals surface area (Å²) in [5.41, 5.74) is 4.72. The number of ketones is 1. The van der Waals surface area contributed by atoms with Crippen molar-refractivity contribution < 1.29 is 14.3 Å². The van der Waals surface area contributed by atoms with Gasteiger partial charge in [0.15, 0.2) is 10.1 Å². The van der Waals surface area contributed by atoms with Crippen LogP contribution in [0.1, 0.15) is 32.1 Å². The van der Waals surface area contributed by atoms with E-state index < -0.39 is 0 Å². The first-order valence-corrected chi connectivity index (χ1v) is 11.6. The van der Waals surface area contributed by atoms with Crippen molar-refractivity contribution in [2.45, 2.75) is 18.2 Å². The zero-order valence-corrected chi connectivity index (χ0v) is 19.5. The van der Waals surface area contributed by atoms with Gasteiger partial charge in [-0.1, -0.05) is 23.4 Å². The fraction of sp³-hybridized carbons (Fsp3) is 0.174. The van der Waals surface area contributed by atoms with Gasteiger partial charge in [-0.05, 0) is 62.4 Å². The lowest BCUT2D eigenvalue weighted by molar-refractivity contribution is 0.0600. The molecule has 2 aromatic carbocycles. The summed E-state index contributed by atoms with van der Waals surface area (Å²) in [6.07, 6.45) is 0. The Labute approximate surface area is 193 Å². The minimum absolute atomic E-state index is 0.0489. The zero-order chi connectivity index (χ0) is 22.1. The number of fused-ring (bicyclic) bond motifs is 1. The summed E-state index contributed by atoms with van der Waals surface area (Å²) in [6.45, 7) is 3.89. The van der Waals surface area contributed by atoms with E-state index in [4.69, 9.17) is 16.3 Å². The van der Waals surface area contributed by atoms with E-state index in [2.05, 4.69) is 4.98 Å². The predicted molar refractivity (Wildman–Crippen MR) is 126 cm³/mol. The van der Waals surface area contributed by atoms with Crippen molar-refractivity contribution in [3.63, 3.8) is 0 Å². The first-order valence-electron chi connectivity index (χ1n) is 9.47. The minimum atomic E-state index is -0.377. The van der Waals surface area contributed by atoms with Gasteiger partial charge >= 0.3 is 5.97 Å². The molecule has 4 aromatic rings. The molecule has 4 rings (SSSR count). The molecule has 0 aliphatic heterocycles.